The Bertz CT molecular complexity index is 1030. The van der Waals surface area contributed by atoms with E-state index < -0.39 is 4.92 Å². The number of nitro benzene ring substituents is 1. The maximum atomic E-state index is 12.2. The maximum Gasteiger partial charge on any atom is 0.269 e. The summed E-state index contributed by atoms with van der Waals surface area (Å²) in [5.41, 5.74) is 2.25. The third kappa shape index (κ3) is 5.29. The van der Waals surface area contributed by atoms with E-state index >= 15 is 0 Å². The number of nitrogens with zero attached hydrogens (tertiary/aromatic N) is 1. The van der Waals surface area contributed by atoms with E-state index in [1.165, 1.54) is 18.2 Å². The molecule has 0 aliphatic rings. The Balaban J connectivity index is 1.72. The molecule has 0 saturated carbocycles. The fourth-order valence-electron chi connectivity index (χ4n) is 2.71. The van der Waals surface area contributed by atoms with Crippen LogP contribution in [-0.2, 0) is 6.61 Å². The highest BCUT2D eigenvalue weighted by atomic mass is 16.6. The van der Waals surface area contributed by atoms with Crippen LogP contribution in [0.3, 0.4) is 0 Å². The topological polar surface area (TPSA) is 78.7 Å². The first-order valence-electron chi connectivity index (χ1n) is 8.88. The van der Waals surface area contributed by atoms with Crippen molar-refractivity contribution < 1.29 is 19.2 Å². The van der Waals surface area contributed by atoms with Crippen LogP contribution in [0.15, 0.2) is 78.9 Å². The fraction of sp³-hybridized carbons (Fsp3) is 0.0870. The minimum atomic E-state index is -0.459. The van der Waals surface area contributed by atoms with Crippen molar-refractivity contribution in [2.75, 3.05) is 7.11 Å². The van der Waals surface area contributed by atoms with E-state index in [9.17, 15) is 14.9 Å². The number of carbonyl (C=O) groups excluding carboxylic acids is 1. The lowest BCUT2D eigenvalue weighted by molar-refractivity contribution is -0.384. The first-order valence-corrected chi connectivity index (χ1v) is 8.88. The molecule has 0 amide bonds. The molecule has 3 rings (SSSR count). The normalized spacial score (nSPS) is 10.7. The Morgan fingerprint density at radius 1 is 1.03 bits per heavy atom. The minimum absolute atomic E-state index is 0.00477. The number of ketones is 1. The molecule has 146 valence electrons. The lowest BCUT2D eigenvalue weighted by Crippen LogP contribution is -1.99. The van der Waals surface area contributed by atoms with Gasteiger partial charge in [0.25, 0.3) is 5.69 Å². The van der Waals surface area contributed by atoms with Crippen LogP contribution in [0.25, 0.3) is 6.08 Å². The van der Waals surface area contributed by atoms with E-state index in [1.807, 2.05) is 30.3 Å². The van der Waals surface area contributed by atoms with Crippen molar-refractivity contribution in [3.05, 3.63) is 106 Å². The lowest BCUT2D eigenvalue weighted by Gasteiger charge is -2.11. The standard InChI is InChI=1S/C23H19NO5/c1-28-23-14-8-17(7-13-22(25)18-5-3-2-4-6-18)15-19(23)16-29-21-11-9-20(10-12-21)24(26)27/h2-15H,16H2,1H3. The van der Waals surface area contributed by atoms with E-state index in [2.05, 4.69) is 0 Å². The van der Waals surface area contributed by atoms with Crippen LogP contribution >= 0.6 is 0 Å². The summed E-state index contributed by atoms with van der Waals surface area (Å²) in [6.45, 7) is 0.218. The van der Waals surface area contributed by atoms with Crippen molar-refractivity contribution in [1.29, 1.82) is 0 Å². The van der Waals surface area contributed by atoms with E-state index in [0.29, 0.717) is 17.1 Å². The van der Waals surface area contributed by atoms with Gasteiger partial charge in [-0.05, 0) is 35.9 Å². The molecule has 3 aromatic carbocycles. The summed E-state index contributed by atoms with van der Waals surface area (Å²) < 4.78 is 11.1. The molecule has 0 aromatic heterocycles. The quantitative estimate of drug-likeness (QED) is 0.232. The average Bonchev–Trinajstić information content (AvgIpc) is 2.77. The number of hydrogen-bond donors (Lipinski definition) is 0. The SMILES string of the molecule is COc1ccc(C=CC(=O)c2ccccc2)cc1COc1ccc([N+](=O)[O-])cc1. The first-order chi connectivity index (χ1) is 14.1. The van der Waals surface area contributed by atoms with Crippen LogP contribution in [-0.4, -0.2) is 17.8 Å². The van der Waals surface area contributed by atoms with Crippen LogP contribution < -0.4 is 9.47 Å². The number of allylic oxidation sites excluding steroid dienone is 1. The molecule has 3 aromatic rings. The molecule has 0 unspecified atom stereocenters. The summed E-state index contributed by atoms with van der Waals surface area (Å²) in [7, 11) is 1.57. The molecule has 0 N–H and O–H groups in total. The van der Waals surface area contributed by atoms with Crippen molar-refractivity contribution >= 4 is 17.5 Å². The monoisotopic (exact) mass is 389 g/mol. The largest absolute Gasteiger partial charge is 0.496 e. The molecular formula is C23H19NO5. The fourth-order valence-corrected chi connectivity index (χ4v) is 2.71. The average molecular weight is 389 g/mol. The Hall–Kier alpha value is -3.93. The van der Waals surface area contributed by atoms with Crippen LogP contribution in [0.2, 0.25) is 0 Å². The molecule has 0 heterocycles. The Kier molecular flexibility index (Phi) is 6.37. The molecule has 0 saturated heterocycles. The van der Waals surface area contributed by atoms with Crippen molar-refractivity contribution in [3.63, 3.8) is 0 Å². The van der Waals surface area contributed by atoms with Gasteiger partial charge in [0.15, 0.2) is 5.78 Å². The van der Waals surface area contributed by atoms with E-state index in [1.54, 1.807) is 43.5 Å². The van der Waals surface area contributed by atoms with Gasteiger partial charge >= 0.3 is 0 Å². The van der Waals surface area contributed by atoms with Crippen molar-refractivity contribution in [1.82, 2.24) is 0 Å². The number of benzene rings is 3. The third-order valence-corrected chi connectivity index (χ3v) is 4.23. The number of methoxy groups -OCH3 is 1. The van der Waals surface area contributed by atoms with Gasteiger partial charge in [-0.25, -0.2) is 0 Å². The second-order valence-corrected chi connectivity index (χ2v) is 6.17. The number of rotatable bonds is 8. The van der Waals surface area contributed by atoms with Crippen molar-refractivity contribution in [2.45, 2.75) is 6.61 Å². The van der Waals surface area contributed by atoms with Gasteiger partial charge in [0.1, 0.15) is 18.1 Å². The zero-order valence-corrected chi connectivity index (χ0v) is 15.8. The molecule has 6 heteroatoms. The second kappa shape index (κ2) is 9.32. The number of hydrogen-bond acceptors (Lipinski definition) is 5. The molecule has 0 spiro atoms. The van der Waals surface area contributed by atoms with E-state index in [0.717, 1.165) is 11.1 Å². The summed E-state index contributed by atoms with van der Waals surface area (Å²) in [6.07, 6.45) is 3.27. The number of non-ortho nitro benzene ring substituents is 1. The summed E-state index contributed by atoms with van der Waals surface area (Å²) in [5.74, 6) is 1.08. The number of ether oxygens (including phenoxy) is 2. The summed E-state index contributed by atoms with van der Waals surface area (Å²) in [6, 6.07) is 20.4. The van der Waals surface area contributed by atoms with E-state index in [4.69, 9.17) is 9.47 Å². The highest BCUT2D eigenvalue weighted by Crippen LogP contribution is 2.24. The summed E-state index contributed by atoms with van der Waals surface area (Å²) in [4.78, 5) is 22.5. The van der Waals surface area contributed by atoms with Crippen molar-refractivity contribution in [3.8, 4) is 11.5 Å². The number of nitro groups is 1. The molecule has 0 bridgehead atoms. The van der Waals surface area contributed by atoms with Gasteiger partial charge in [-0.3, -0.25) is 14.9 Å². The van der Waals surface area contributed by atoms with Crippen LogP contribution in [0, 0.1) is 10.1 Å². The second-order valence-electron chi connectivity index (χ2n) is 6.17. The molecule has 0 aliphatic carbocycles. The molecule has 0 fully saturated rings. The zero-order valence-electron chi connectivity index (χ0n) is 15.8. The summed E-state index contributed by atoms with van der Waals surface area (Å²) >= 11 is 0. The molecule has 6 nitrogen and oxygen atoms in total. The van der Waals surface area contributed by atoms with Gasteiger partial charge in [0, 0.05) is 23.3 Å². The predicted octanol–water partition coefficient (Wildman–Crippen LogP) is 5.08. The van der Waals surface area contributed by atoms with Gasteiger partial charge in [-0.15, -0.1) is 0 Å². The predicted molar refractivity (Wildman–Crippen MR) is 110 cm³/mol. The van der Waals surface area contributed by atoms with Gasteiger partial charge in [-0.2, -0.15) is 0 Å². The van der Waals surface area contributed by atoms with Gasteiger partial charge in [0.05, 0.1) is 12.0 Å². The molecule has 0 atom stereocenters. The van der Waals surface area contributed by atoms with Crippen molar-refractivity contribution in [2.24, 2.45) is 0 Å². The lowest BCUT2D eigenvalue weighted by atomic mass is 10.1. The van der Waals surface area contributed by atoms with Gasteiger partial charge < -0.3 is 9.47 Å². The molecule has 29 heavy (non-hydrogen) atoms. The van der Waals surface area contributed by atoms with Gasteiger partial charge in [-0.1, -0.05) is 42.5 Å². The zero-order chi connectivity index (χ0) is 20.6. The summed E-state index contributed by atoms with van der Waals surface area (Å²) in [5, 5.41) is 10.7. The Morgan fingerprint density at radius 3 is 2.41 bits per heavy atom. The van der Waals surface area contributed by atoms with Gasteiger partial charge in [0.2, 0.25) is 0 Å². The highest BCUT2D eigenvalue weighted by Gasteiger charge is 2.08. The minimum Gasteiger partial charge on any atom is -0.496 e. The Morgan fingerprint density at radius 2 is 1.76 bits per heavy atom. The first kappa shape index (κ1) is 19.8. The molecular weight excluding hydrogens is 370 g/mol. The molecule has 0 aliphatic heterocycles. The Labute approximate surface area is 168 Å². The van der Waals surface area contributed by atoms with Crippen LogP contribution in [0.5, 0.6) is 11.5 Å². The highest BCUT2D eigenvalue weighted by molar-refractivity contribution is 6.06. The molecule has 0 radical (unpaired) electrons. The van der Waals surface area contributed by atoms with Crippen LogP contribution in [0.1, 0.15) is 21.5 Å². The van der Waals surface area contributed by atoms with E-state index in [-0.39, 0.29) is 18.1 Å². The maximum absolute atomic E-state index is 12.2. The smallest absolute Gasteiger partial charge is 0.269 e. The number of carbonyl (C=O) groups is 1. The van der Waals surface area contributed by atoms with Crippen LogP contribution in [0.4, 0.5) is 5.69 Å². The third-order valence-electron chi connectivity index (χ3n) is 4.23.